The van der Waals surface area contributed by atoms with Crippen LogP contribution in [0.5, 0.6) is 0 Å². The van der Waals surface area contributed by atoms with Crippen molar-refractivity contribution in [3.05, 3.63) is 29.8 Å². The molecule has 1 rings (SSSR count). The van der Waals surface area contributed by atoms with E-state index in [0.29, 0.717) is 24.3 Å². The molecule has 2 amide bonds. The van der Waals surface area contributed by atoms with Gasteiger partial charge in [0, 0.05) is 36.7 Å². The van der Waals surface area contributed by atoms with E-state index in [4.69, 9.17) is 0 Å². The molecule has 22 heavy (non-hydrogen) atoms. The van der Waals surface area contributed by atoms with Gasteiger partial charge in [-0.1, -0.05) is 32.9 Å². The second kappa shape index (κ2) is 7.20. The van der Waals surface area contributed by atoms with Crippen molar-refractivity contribution >= 4 is 23.3 Å². The highest BCUT2D eigenvalue weighted by molar-refractivity contribution is 5.97. The first-order valence-electron chi connectivity index (χ1n) is 7.30. The molecule has 0 aromatic heterocycles. The molecule has 0 saturated heterocycles. The Morgan fingerprint density at radius 1 is 1.14 bits per heavy atom. The predicted octanol–water partition coefficient (Wildman–Crippen LogP) is 2.40. The molecule has 0 radical (unpaired) electrons. The molecule has 1 aromatic rings. The maximum atomic E-state index is 11.8. The average Bonchev–Trinajstić information content (AvgIpc) is 2.41. The molecule has 5 nitrogen and oxygen atoms in total. The van der Waals surface area contributed by atoms with Gasteiger partial charge in [0.25, 0.3) is 0 Å². The maximum absolute atomic E-state index is 11.8. The van der Waals surface area contributed by atoms with Crippen LogP contribution in [0.1, 0.15) is 45.0 Å². The van der Waals surface area contributed by atoms with Crippen LogP contribution in [0, 0.1) is 5.41 Å². The topological polar surface area (TPSA) is 66.5 Å². The van der Waals surface area contributed by atoms with Crippen LogP contribution in [0.2, 0.25) is 0 Å². The van der Waals surface area contributed by atoms with Crippen molar-refractivity contribution in [2.45, 2.75) is 34.6 Å². The van der Waals surface area contributed by atoms with E-state index in [9.17, 15) is 14.4 Å². The fourth-order valence-electron chi connectivity index (χ4n) is 1.91. The van der Waals surface area contributed by atoms with Gasteiger partial charge in [-0.3, -0.25) is 14.4 Å². The summed E-state index contributed by atoms with van der Waals surface area (Å²) in [6.45, 7) is 9.18. The monoisotopic (exact) mass is 304 g/mol. The van der Waals surface area contributed by atoms with Crippen molar-refractivity contribution in [1.82, 2.24) is 5.32 Å². The van der Waals surface area contributed by atoms with Crippen LogP contribution >= 0.6 is 0 Å². The predicted molar refractivity (Wildman–Crippen MR) is 86.9 cm³/mol. The number of benzene rings is 1. The van der Waals surface area contributed by atoms with Crippen molar-refractivity contribution in [3.8, 4) is 0 Å². The summed E-state index contributed by atoms with van der Waals surface area (Å²) in [5.41, 5.74) is 0.753. The molecule has 0 aliphatic carbocycles. The number of hydrogen-bond acceptors (Lipinski definition) is 3. The van der Waals surface area contributed by atoms with E-state index < -0.39 is 5.41 Å². The number of anilines is 1. The third-order valence-corrected chi connectivity index (χ3v) is 3.25. The summed E-state index contributed by atoms with van der Waals surface area (Å²) in [7, 11) is 0. The largest absolute Gasteiger partial charge is 0.354 e. The SMILES string of the molecule is CC(=O)c1cccc(N(CCNC(=O)C(C)(C)C)C(C)=O)c1. The number of rotatable bonds is 5. The summed E-state index contributed by atoms with van der Waals surface area (Å²) in [6, 6.07) is 6.93. The molecule has 0 unspecified atom stereocenters. The van der Waals surface area contributed by atoms with Gasteiger partial charge in [0.2, 0.25) is 11.8 Å². The molecule has 0 spiro atoms. The minimum Gasteiger partial charge on any atom is -0.354 e. The number of hydrogen-bond donors (Lipinski definition) is 1. The van der Waals surface area contributed by atoms with Gasteiger partial charge < -0.3 is 10.2 Å². The van der Waals surface area contributed by atoms with Gasteiger partial charge in [-0.05, 0) is 19.1 Å². The fourth-order valence-corrected chi connectivity index (χ4v) is 1.91. The third-order valence-electron chi connectivity index (χ3n) is 3.25. The zero-order valence-electron chi connectivity index (χ0n) is 13.9. The van der Waals surface area contributed by atoms with Crippen molar-refractivity contribution in [2.75, 3.05) is 18.0 Å². The molecule has 0 aliphatic rings. The van der Waals surface area contributed by atoms with Crippen LogP contribution in [0.3, 0.4) is 0 Å². The molecule has 0 fully saturated rings. The summed E-state index contributed by atoms with van der Waals surface area (Å²) < 4.78 is 0. The lowest BCUT2D eigenvalue weighted by Gasteiger charge is -2.23. The molecule has 0 atom stereocenters. The number of Topliss-reactive ketones (excluding diaryl/α,β-unsaturated/α-hetero) is 1. The van der Waals surface area contributed by atoms with E-state index in [2.05, 4.69) is 5.32 Å². The van der Waals surface area contributed by atoms with E-state index in [-0.39, 0.29) is 17.6 Å². The van der Waals surface area contributed by atoms with Crippen LogP contribution in [0.15, 0.2) is 24.3 Å². The van der Waals surface area contributed by atoms with E-state index in [0.717, 1.165) is 0 Å². The highest BCUT2D eigenvalue weighted by Gasteiger charge is 2.21. The number of ketones is 1. The molecular formula is C17H24N2O3. The number of carbonyl (C=O) groups excluding carboxylic acids is 3. The number of amides is 2. The van der Waals surface area contributed by atoms with Gasteiger partial charge in [0.15, 0.2) is 5.78 Å². The highest BCUT2D eigenvalue weighted by atomic mass is 16.2. The van der Waals surface area contributed by atoms with E-state index in [1.165, 1.54) is 13.8 Å². The Morgan fingerprint density at radius 2 is 1.77 bits per heavy atom. The van der Waals surface area contributed by atoms with E-state index >= 15 is 0 Å². The molecule has 0 saturated carbocycles. The Morgan fingerprint density at radius 3 is 2.27 bits per heavy atom. The van der Waals surface area contributed by atoms with E-state index in [1.54, 1.807) is 29.2 Å². The van der Waals surface area contributed by atoms with Crippen LogP contribution < -0.4 is 10.2 Å². The van der Waals surface area contributed by atoms with Gasteiger partial charge in [-0.2, -0.15) is 0 Å². The van der Waals surface area contributed by atoms with Crippen LogP contribution in [0.25, 0.3) is 0 Å². The molecular weight excluding hydrogens is 280 g/mol. The first kappa shape index (κ1) is 17.9. The van der Waals surface area contributed by atoms with Crippen LogP contribution in [0.4, 0.5) is 5.69 Å². The molecule has 0 heterocycles. The lowest BCUT2D eigenvalue weighted by Crippen LogP contribution is -2.41. The Balaban J connectivity index is 2.79. The molecule has 0 bridgehead atoms. The van der Waals surface area contributed by atoms with Crippen molar-refractivity contribution < 1.29 is 14.4 Å². The quantitative estimate of drug-likeness (QED) is 0.849. The fraction of sp³-hybridized carbons (Fsp3) is 0.471. The summed E-state index contributed by atoms with van der Waals surface area (Å²) in [5.74, 6) is -0.245. The molecule has 1 aromatic carbocycles. The van der Waals surface area contributed by atoms with Crippen LogP contribution in [-0.4, -0.2) is 30.7 Å². The number of nitrogens with zero attached hydrogens (tertiary/aromatic N) is 1. The van der Waals surface area contributed by atoms with E-state index in [1.807, 2.05) is 20.8 Å². The van der Waals surface area contributed by atoms with Crippen molar-refractivity contribution in [1.29, 1.82) is 0 Å². The van der Waals surface area contributed by atoms with Gasteiger partial charge >= 0.3 is 0 Å². The zero-order chi connectivity index (χ0) is 16.9. The maximum Gasteiger partial charge on any atom is 0.225 e. The zero-order valence-corrected chi connectivity index (χ0v) is 13.9. The minimum absolute atomic E-state index is 0.0496. The van der Waals surface area contributed by atoms with Crippen LogP contribution in [-0.2, 0) is 9.59 Å². The van der Waals surface area contributed by atoms with Crippen molar-refractivity contribution in [3.63, 3.8) is 0 Å². The average molecular weight is 304 g/mol. The Labute approximate surface area is 131 Å². The standard InChI is InChI=1S/C17H24N2O3/c1-12(20)14-7-6-8-15(11-14)19(13(2)21)10-9-18-16(22)17(3,4)5/h6-8,11H,9-10H2,1-5H3,(H,18,22). The molecule has 5 heteroatoms. The first-order valence-corrected chi connectivity index (χ1v) is 7.30. The smallest absolute Gasteiger partial charge is 0.225 e. The number of carbonyl (C=O) groups is 3. The second-order valence-electron chi connectivity index (χ2n) is 6.28. The molecule has 1 N–H and O–H groups in total. The normalized spacial score (nSPS) is 11.0. The molecule has 120 valence electrons. The Kier molecular flexibility index (Phi) is 5.85. The minimum atomic E-state index is -0.463. The van der Waals surface area contributed by atoms with Gasteiger partial charge in [-0.15, -0.1) is 0 Å². The van der Waals surface area contributed by atoms with Gasteiger partial charge in [-0.25, -0.2) is 0 Å². The first-order chi connectivity index (χ1) is 10.1. The summed E-state index contributed by atoms with van der Waals surface area (Å²) in [5, 5.41) is 2.82. The third kappa shape index (κ3) is 4.98. The highest BCUT2D eigenvalue weighted by Crippen LogP contribution is 2.17. The van der Waals surface area contributed by atoms with Gasteiger partial charge in [0.1, 0.15) is 0 Å². The lowest BCUT2D eigenvalue weighted by molar-refractivity contribution is -0.128. The van der Waals surface area contributed by atoms with Gasteiger partial charge in [0.05, 0.1) is 0 Å². The molecule has 0 aliphatic heterocycles. The Hall–Kier alpha value is -2.17. The summed E-state index contributed by atoms with van der Waals surface area (Å²) in [6.07, 6.45) is 0. The summed E-state index contributed by atoms with van der Waals surface area (Å²) in [4.78, 5) is 36.7. The second-order valence-corrected chi connectivity index (χ2v) is 6.28. The summed E-state index contributed by atoms with van der Waals surface area (Å²) >= 11 is 0. The lowest BCUT2D eigenvalue weighted by atomic mass is 9.96. The number of nitrogens with one attached hydrogen (secondary N) is 1. The Bertz CT molecular complexity index is 574. The van der Waals surface area contributed by atoms with Crippen molar-refractivity contribution in [2.24, 2.45) is 5.41 Å².